The van der Waals surface area contributed by atoms with Crippen molar-refractivity contribution >= 4 is 22.4 Å². The van der Waals surface area contributed by atoms with Crippen molar-refractivity contribution in [1.29, 1.82) is 0 Å². The minimum absolute atomic E-state index is 0.117. The molecule has 1 N–H and O–H groups in total. The van der Waals surface area contributed by atoms with Crippen molar-refractivity contribution in [2.75, 3.05) is 11.4 Å². The van der Waals surface area contributed by atoms with E-state index in [-0.39, 0.29) is 5.91 Å². The largest absolute Gasteiger partial charge is 0.279 e. The molecule has 2 heterocycles. The van der Waals surface area contributed by atoms with Gasteiger partial charge in [0.25, 0.3) is 5.91 Å². The lowest BCUT2D eigenvalue weighted by Crippen LogP contribution is -2.31. The maximum Gasteiger partial charge on any atom is 0.278 e. The number of aromatic nitrogens is 3. The molecule has 0 atom stereocenters. The Morgan fingerprint density at radius 1 is 1.50 bits per heavy atom. The third kappa shape index (κ3) is 2.38. The molecule has 0 radical (unpaired) electrons. The zero-order valence-electron chi connectivity index (χ0n) is 11.1. The number of nitrogens with zero attached hydrogens (tertiary/aromatic N) is 3. The molecule has 0 saturated heterocycles. The Labute approximate surface area is 121 Å². The molecule has 3 rings (SSSR count). The fourth-order valence-electron chi connectivity index (χ4n) is 2.35. The number of aryl methyl sites for hydroxylation is 2. The highest BCUT2D eigenvalue weighted by Crippen LogP contribution is 2.32. The molecule has 20 heavy (non-hydrogen) atoms. The van der Waals surface area contributed by atoms with Gasteiger partial charge in [-0.05, 0) is 31.7 Å². The summed E-state index contributed by atoms with van der Waals surface area (Å²) in [5, 5.41) is 7.30. The predicted octanol–water partition coefficient (Wildman–Crippen LogP) is 2.58. The lowest BCUT2D eigenvalue weighted by atomic mass is 10.0. The van der Waals surface area contributed by atoms with Gasteiger partial charge in [0.2, 0.25) is 0 Å². The molecule has 104 valence electrons. The van der Waals surface area contributed by atoms with Gasteiger partial charge in [0.15, 0.2) is 5.13 Å². The first-order valence-electron chi connectivity index (χ1n) is 6.70. The highest BCUT2D eigenvalue weighted by atomic mass is 32.1. The van der Waals surface area contributed by atoms with Crippen molar-refractivity contribution in [2.45, 2.75) is 25.7 Å². The van der Waals surface area contributed by atoms with Crippen molar-refractivity contribution in [2.24, 2.45) is 0 Å². The summed E-state index contributed by atoms with van der Waals surface area (Å²) in [6.45, 7) is 4.18. The fraction of sp³-hybridized carbons (Fsp3) is 0.357. The molecule has 2 aromatic rings. The molecule has 0 aliphatic heterocycles. The molecule has 6 heteroatoms. The van der Waals surface area contributed by atoms with Crippen LogP contribution in [0.2, 0.25) is 0 Å². The number of carbonyl (C=O) groups excluding carboxylic acids is 1. The summed E-state index contributed by atoms with van der Waals surface area (Å²) in [5.74, 6) is -0.117. The van der Waals surface area contributed by atoms with Gasteiger partial charge >= 0.3 is 0 Å². The molecule has 0 aromatic carbocycles. The number of amides is 1. The molecule has 0 bridgehead atoms. The molecule has 2 aromatic heterocycles. The van der Waals surface area contributed by atoms with Crippen LogP contribution in [-0.2, 0) is 12.8 Å². The highest BCUT2D eigenvalue weighted by molar-refractivity contribution is 7.16. The van der Waals surface area contributed by atoms with Gasteiger partial charge in [-0.3, -0.25) is 14.8 Å². The van der Waals surface area contributed by atoms with Gasteiger partial charge in [-0.25, -0.2) is 4.98 Å². The number of carbonyl (C=O) groups is 1. The van der Waals surface area contributed by atoms with Crippen LogP contribution in [0.3, 0.4) is 0 Å². The van der Waals surface area contributed by atoms with E-state index in [0.29, 0.717) is 12.2 Å². The van der Waals surface area contributed by atoms with Crippen molar-refractivity contribution in [3.05, 3.63) is 41.2 Å². The smallest absolute Gasteiger partial charge is 0.278 e. The standard InChI is InChI=1S/C14H16N4OS/c1-2-9-18(13(19)11-7-8-15-17-11)14-16-10-5-3-4-6-12(10)20-14/h2,7-8H,1,3-6,9H2,(H,15,17). The van der Waals surface area contributed by atoms with E-state index in [1.54, 1.807) is 34.6 Å². The SMILES string of the molecule is C=CCN(C(=O)c1ccn[nH]1)c1nc2c(s1)CCCC2. The predicted molar refractivity (Wildman–Crippen MR) is 79.2 cm³/mol. The highest BCUT2D eigenvalue weighted by Gasteiger charge is 2.23. The molecule has 5 nitrogen and oxygen atoms in total. The zero-order chi connectivity index (χ0) is 13.9. The van der Waals surface area contributed by atoms with Crippen LogP contribution in [0.4, 0.5) is 5.13 Å². The molecule has 1 aliphatic carbocycles. The number of rotatable bonds is 4. The average molecular weight is 288 g/mol. The number of hydrogen-bond donors (Lipinski definition) is 1. The molecule has 0 unspecified atom stereocenters. The van der Waals surface area contributed by atoms with Gasteiger partial charge < -0.3 is 0 Å². The lowest BCUT2D eigenvalue weighted by molar-refractivity contribution is 0.0985. The molecule has 1 amide bonds. The summed E-state index contributed by atoms with van der Waals surface area (Å²) in [5.41, 5.74) is 1.63. The van der Waals surface area contributed by atoms with Crippen LogP contribution in [0.25, 0.3) is 0 Å². The van der Waals surface area contributed by atoms with Crippen LogP contribution in [-0.4, -0.2) is 27.6 Å². The number of nitrogens with one attached hydrogen (secondary N) is 1. The Bertz CT molecular complexity index is 594. The first-order chi connectivity index (χ1) is 9.79. The number of H-pyrrole nitrogens is 1. The maximum absolute atomic E-state index is 12.5. The van der Waals surface area contributed by atoms with Gasteiger partial charge in [0.1, 0.15) is 5.69 Å². The molecule has 0 spiro atoms. The van der Waals surface area contributed by atoms with Crippen molar-refractivity contribution in [3.8, 4) is 0 Å². The monoisotopic (exact) mass is 288 g/mol. The Hall–Kier alpha value is -1.95. The normalized spacial score (nSPS) is 13.8. The van der Waals surface area contributed by atoms with E-state index in [9.17, 15) is 4.79 Å². The van der Waals surface area contributed by atoms with E-state index in [0.717, 1.165) is 23.7 Å². The summed E-state index contributed by atoms with van der Waals surface area (Å²) < 4.78 is 0. The molecule has 0 saturated carbocycles. The van der Waals surface area contributed by atoms with Crippen molar-refractivity contribution in [1.82, 2.24) is 15.2 Å². The Balaban J connectivity index is 1.92. The van der Waals surface area contributed by atoms with Gasteiger partial charge in [-0.15, -0.1) is 17.9 Å². The molecular formula is C14H16N4OS. The second-order valence-corrected chi connectivity index (χ2v) is 5.81. The quantitative estimate of drug-likeness (QED) is 0.880. The van der Waals surface area contributed by atoms with Crippen LogP contribution < -0.4 is 4.90 Å². The minimum atomic E-state index is -0.117. The summed E-state index contributed by atoms with van der Waals surface area (Å²) in [6.07, 6.45) is 7.79. The van der Waals surface area contributed by atoms with Crippen molar-refractivity contribution in [3.63, 3.8) is 0 Å². The van der Waals surface area contributed by atoms with Crippen LogP contribution in [0.1, 0.15) is 33.9 Å². The maximum atomic E-state index is 12.5. The Morgan fingerprint density at radius 2 is 2.35 bits per heavy atom. The van der Waals surface area contributed by atoms with E-state index in [2.05, 4.69) is 21.8 Å². The van der Waals surface area contributed by atoms with Gasteiger partial charge in [-0.2, -0.15) is 5.10 Å². The number of anilines is 1. The number of aromatic amines is 1. The summed E-state index contributed by atoms with van der Waals surface area (Å²) in [4.78, 5) is 20.1. The molecule has 1 aliphatic rings. The fourth-order valence-corrected chi connectivity index (χ4v) is 3.51. The minimum Gasteiger partial charge on any atom is -0.279 e. The van der Waals surface area contributed by atoms with E-state index in [1.165, 1.54) is 17.7 Å². The first kappa shape index (κ1) is 13.1. The Kier molecular flexibility index (Phi) is 3.64. The number of thiazole rings is 1. The number of hydrogen-bond acceptors (Lipinski definition) is 4. The molecule has 0 fully saturated rings. The summed E-state index contributed by atoms with van der Waals surface area (Å²) in [7, 11) is 0. The zero-order valence-corrected chi connectivity index (χ0v) is 11.9. The van der Waals surface area contributed by atoms with Crippen LogP contribution in [0, 0.1) is 0 Å². The van der Waals surface area contributed by atoms with Gasteiger partial charge in [-0.1, -0.05) is 6.08 Å². The van der Waals surface area contributed by atoms with E-state index < -0.39 is 0 Å². The topological polar surface area (TPSA) is 61.9 Å². The molecular weight excluding hydrogens is 272 g/mol. The number of fused-ring (bicyclic) bond motifs is 1. The van der Waals surface area contributed by atoms with Gasteiger partial charge in [0.05, 0.1) is 5.69 Å². The average Bonchev–Trinajstić information content (AvgIpc) is 3.12. The van der Waals surface area contributed by atoms with E-state index >= 15 is 0 Å². The van der Waals surface area contributed by atoms with Crippen LogP contribution in [0.5, 0.6) is 0 Å². The lowest BCUT2D eigenvalue weighted by Gasteiger charge is -2.16. The van der Waals surface area contributed by atoms with E-state index in [1.807, 2.05) is 0 Å². The van der Waals surface area contributed by atoms with Crippen molar-refractivity contribution < 1.29 is 4.79 Å². The van der Waals surface area contributed by atoms with Gasteiger partial charge in [0, 0.05) is 17.6 Å². The summed E-state index contributed by atoms with van der Waals surface area (Å²) in [6, 6.07) is 1.67. The van der Waals surface area contributed by atoms with Crippen LogP contribution in [0.15, 0.2) is 24.9 Å². The summed E-state index contributed by atoms with van der Waals surface area (Å²) >= 11 is 1.62. The first-order valence-corrected chi connectivity index (χ1v) is 7.52. The third-order valence-corrected chi connectivity index (χ3v) is 4.53. The Morgan fingerprint density at radius 3 is 3.05 bits per heavy atom. The van der Waals surface area contributed by atoms with E-state index in [4.69, 9.17) is 0 Å². The van der Waals surface area contributed by atoms with Crippen LogP contribution >= 0.6 is 11.3 Å². The second kappa shape index (κ2) is 5.58. The second-order valence-electron chi connectivity index (χ2n) is 4.75. The third-order valence-electron chi connectivity index (χ3n) is 3.35.